The molecule has 1 N–H and O–H groups in total. The number of alkyl halides is 2. The lowest BCUT2D eigenvalue weighted by Gasteiger charge is -2.40. The van der Waals surface area contributed by atoms with Crippen LogP contribution in [0.2, 0.25) is 0 Å². The molecule has 204 valence electrons. The molecule has 0 saturated carbocycles. The minimum Gasteiger partial charge on any atom is -0.494 e. The highest BCUT2D eigenvalue weighted by Gasteiger charge is 2.34. The van der Waals surface area contributed by atoms with E-state index in [-0.39, 0.29) is 23.5 Å². The quantitative estimate of drug-likeness (QED) is 0.507. The number of methoxy groups -OCH3 is 1. The molecular formula is C24H30F2N8O4. The highest BCUT2D eigenvalue weighted by Crippen LogP contribution is 2.32. The van der Waals surface area contributed by atoms with Gasteiger partial charge in [0.2, 0.25) is 17.8 Å². The molecule has 4 heterocycles. The van der Waals surface area contributed by atoms with Crippen molar-refractivity contribution in [2.75, 3.05) is 56.7 Å². The van der Waals surface area contributed by atoms with Gasteiger partial charge in [0.15, 0.2) is 5.82 Å². The molecule has 1 aromatic carbocycles. The zero-order valence-electron chi connectivity index (χ0n) is 21.6. The van der Waals surface area contributed by atoms with E-state index >= 15 is 0 Å². The summed E-state index contributed by atoms with van der Waals surface area (Å²) in [4.78, 5) is 33.6. The fraction of sp³-hybridized carbons (Fsp3) is 0.542. The number of hydrogen-bond acceptors (Lipinski definition) is 10. The number of para-hydroxylation sites is 1. The zero-order chi connectivity index (χ0) is 27.0. The Morgan fingerprint density at radius 3 is 2.47 bits per heavy atom. The number of rotatable bonds is 6. The van der Waals surface area contributed by atoms with Gasteiger partial charge in [-0.15, -0.1) is 0 Å². The largest absolute Gasteiger partial charge is 0.494 e. The van der Waals surface area contributed by atoms with Gasteiger partial charge in [0.25, 0.3) is 6.43 Å². The maximum absolute atomic E-state index is 14.2. The van der Waals surface area contributed by atoms with Crippen molar-refractivity contribution >= 4 is 29.0 Å². The lowest BCUT2D eigenvalue weighted by molar-refractivity contribution is 0.0104. The number of benzene rings is 1. The summed E-state index contributed by atoms with van der Waals surface area (Å²) in [7, 11) is 1.45. The number of imidazole rings is 1. The van der Waals surface area contributed by atoms with E-state index in [1.54, 1.807) is 23.1 Å². The van der Waals surface area contributed by atoms with E-state index in [1.807, 2.05) is 25.7 Å². The number of fused-ring (bicyclic) bond motifs is 1. The molecule has 0 aliphatic carbocycles. The van der Waals surface area contributed by atoms with Crippen LogP contribution in [0.5, 0.6) is 5.75 Å². The molecule has 3 aromatic rings. The van der Waals surface area contributed by atoms with Crippen LogP contribution < -0.4 is 15.0 Å². The number of aromatic nitrogens is 5. The second-order valence-electron chi connectivity index (χ2n) is 10.0. The van der Waals surface area contributed by atoms with Gasteiger partial charge in [0.05, 0.1) is 31.9 Å². The molecule has 1 amide bonds. The molecule has 0 spiro atoms. The first-order valence-electron chi connectivity index (χ1n) is 12.3. The van der Waals surface area contributed by atoms with Crippen LogP contribution in [0.3, 0.4) is 0 Å². The molecule has 0 atom stereocenters. The molecule has 0 unspecified atom stereocenters. The second kappa shape index (κ2) is 10.2. The average molecular weight is 533 g/mol. The Bertz CT molecular complexity index is 1320. The van der Waals surface area contributed by atoms with Crippen LogP contribution in [0.1, 0.15) is 33.0 Å². The maximum Gasteiger partial charge on any atom is 0.410 e. The van der Waals surface area contributed by atoms with E-state index in [0.29, 0.717) is 56.6 Å². The predicted molar refractivity (Wildman–Crippen MR) is 134 cm³/mol. The summed E-state index contributed by atoms with van der Waals surface area (Å²) >= 11 is 0. The molecule has 12 nitrogen and oxygen atoms in total. The Hall–Kier alpha value is -3.81. The van der Waals surface area contributed by atoms with Crippen molar-refractivity contribution in [3.63, 3.8) is 0 Å². The number of morpholine rings is 1. The average Bonchev–Trinajstić information content (AvgIpc) is 3.25. The van der Waals surface area contributed by atoms with Gasteiger partial charge in [-0.3, -0.25) is 4.57 Å². The number of ether oxygens (including phenoxy) is 3. The van der Waals surface area contributed by atoms with Crippen LogP contribution in [0.15, 0.2) is 18.2 Å². The Morgan fingerprint density at radius 2 is 1.82 bits per heavy atom. The number of carbonyl (C=O) groups excluding carboxylic acids is 1. The normalized spacial score (nSPS) is 16.6. The van der Waals surface area contributed by atoms with Crippen LogP contribution in [-0.4, -0.2) is 93.6 Å². The number of carbonyl (C=O) groups is 1. The molecule has 2 saturated heterocycles. The van der Waals surface area contributed by atoms with E-state index in [4.69, 9.17) is 14.2 Å². The molecule has 2 aromatic heterocycles. The van der Waals surface area contributed by atoms with Gasteiger partial charge in [-0.2, -0.15) is 15.0 Å². The maximum atomic E-state index is 14.2. The van der Waals surface area contributed by atoms with Gasteiger partial charge >= 0.3 is 6.09 Å². The Kier molecular flexibility index (Phi) is 6.90. The van der Waals surface area contributed by atoms with E-state index in [1.165, 1.54) is 11.7 Å². The molecular weight excluding hydrogens is 502 g/mol. The van der Waals surface area contributed by atoms with Gasteiger partial charge in [0.1, 0.15) is 16.9 Å². The first-order chi connectivity index (χ1) is 18.1. The van der Waals surface area contributed by atoms with Crippen molar-refractivity contribution in [1.29, 1.82) is 0 Å². The fourth-order valence-corrected chi connectivity index (χ4v) is 4.26. The summed E-state index contributed by atoms with van der Waals surface area (Å²) in [6.07, 6.45) is -3.29. The van der Waals surface area contributed by atoms with E-state index in [9.17, 15) is 13.6 Å². The van der Waals surface area contributed by atoms with Crippen molar-refractivity contribution in [2.45, 2.75) is 38.8 Å². The molecule has 0 radical (unpaired) electrons. The summed E-state index contributed by atoms with van der Waals surface area (Å²) in [5, 5.41) is 3.21. The number of hydrogen-bond donors (Lipinski definition) is 1. The number of halogens is 2. The monoisotopic (exact) mass is 532 g/mol. The third-order valence-corrected chi connectivity index (χ3v) is 6.06. The lowest BCUT2D eigenvalue weighted by Crippen LogP contribution is -2.58. The van der Waals surface area contributed by atoms with Crippen LogP contribution in [0, 0.1) is 0 Å². The van der Waals surface area contributed by atoms with Crippen molar-refractivity contribution in [3.05, 3.63) is 24.0 Å². The Labute approximate surface area is 217 Å². The number of nitrogens with zero attached hydrogens (tertiary/aromatic N) is 7. The lowest BCUT2D eigenvalue weighted by atomic mass is 10.1. The second-order valence-corrected chi connectivity index (χ2v) is 10.0. The topological polar surface area (TPSA) is 120 Å². The van der Waals surface area contributed by atoms with Gasteiger partial charge in [-0.1, -0.05) is 6.07 Å². The van der Waals surface area contributed by atoms with E-state index in [2.05, 4.69) is 25.3 Å². The summed E-state index contributed by atoms with van der Waals surface area (Å²) in [6, 6.07) is 4.86. The first kappa shape index (κ1) is 25.8. The Balaban J connectivity index is 1.49. The number of anilines is 2. The minimum absolute atomic E-state index is 0.00151. The van der Waals surface area contributed by atoms with Gasteiger partial charge in [-0.05, 0) is 32.9 Å². The highest BCUT2D eigenvalue weighted by molar-refractivity contribution is 5.84. The highest BCUT2D eigenvalue weighted by atomic mass is 19.3. The SMILES string of the molecule is COc1cccc2c1nc(C(F)F)n2-c1nc(NC2CN(C(=O)OC(C)(C)C)C2)nc(N2CCOCC2)n1. The number of nitrogens with one attached hydrogen (secondary N) is 1. The molecule has 2 fully saturated rings. The molecule has 38 heavy (non-hydrogen) atoms. The van der Waals surface area contributed by atoms with Crippen LogP contribution >= 0.6 is 0 Å². The van der Waals surface area contributed by atoms with Crippen LogP contribution in [-0.2, 0) is 9.47 Å². The standard InChI is InChI=1S/C24H30F2N8O4/c1-24(2,3)38-23(35)33-12-14(13-33)27-20-29-21(32-8-10-37-11-9-32)31-22(30-20)34-15-6-5-7-16(36-4)17(15)28-19(34)18(25)26/h5-7,14,18H,8-13H2,1-4H3,(H,27,29,30,31). The first-order valence-corrected chi connectivity index (χ1v) is 12.3. The molecule has 5 rings (SSSR count). The molecule has 2 aliphatic heterocycles. The number of likely N-dealkylation sites (tertiary alicyclic amines) is 1. The summed E-state index contributed by atoms with van der Waals surface area (Å²) < 4.78 is 45.7. The Morgan fingerprint density at radius 1 is 1.11 bits per heavy atom. The van der Waals surface area contributed by atoms with Crippen LogP contribution in [0.25, 0.3) is 17.0 Å². The predicted octanol–water partition coefficient (Wildman–Crippen LogP) is 3.02. The van der Waals surface area contributed by atoms with Gasteiger partial charge in [-0.25, -0.2) is 18.6 Å². The van der Waals surface area contributed by atoms with Crippen LogP contribution in [0.4, 0.5) is 25.5 Å². The summed E-state index contributed by atoms with van der Waals surface area (Å²) in [5.74, 6) is 0.387. The van der Waals surface area contributed by atoms with Crippen molar-refractivity contribution < 1.29 is 27.8 Å². The van der Waals surface area contributed by atoms with Crippen molar-refractivity contribution in [3.8, 4) is 11.7 Å². The number of amides is 1. The fourth-order valence-electron chi connectivity index (χ4n) is 4.26. The van der Waals surface area contributed by atoms with Crippen molar-refractivity contribution in [2.24, 2.45) is 0 Å². The molecule has 2 aliphatic rings. The van der Waals surface area contributed by atoms with Gasteiger partial charge < -0.3 is 29.3 Å². The summed E-state index contributed by atoms with van der Waals surface area (Å²) in [5.41, 5.74) is 0.0642. The minimum atomic E-state index is -2.89. The smallest absolute Gasteiger partial charge is 0.410 e. The molecule has 14 heteroatoms. The van der Waals surface area contributed by atoms with Gasteiger partial charge in [0, 0.05) is 26.2 Å². The molecule has 0 bridgehead atoms. The third-order valence-electron chi connectivity index (χ3n) is 6.06. The third kappa shape index (κ3) is 5.26. The van der Waals surface area contributed by atoms with E-state index in [0.717, 1.165) is 0 Å². The van der Waals surface area contributed by atoms with Crippen molar-refractivity contribution in [1.82, 2.24) is 29.4 Å². The van der Waals surface area contributed by atoms with E-state index < -0.39 is 23.9 Å². The summed E-state index contributed by atoms with van der Waals surface area (Å²) in [6.45, 7) is 8.26. The zero-order valence-corrected chi connectivity index (χ0v) is 21.6.